The van der Waals surface area contributed by atoms with Gasteiger partial charge in [0.1, 0.15) is 5.76 Å². The summed E-state index contributed by atoms with van der Waals surface area (Å²) in [6.07, 6.45) is 0. The first-order valence-electron chi connectivity index (χ1n) is 5.84. The molecule has 6 heteroatoms. The summed E-state index contributed by atoms with van der Waals surface area (Å²) >= 11 is 0. The molecule has 0 bridgehead atoms. The maximum atomic E-state index is 13.6. The van der Waals surface area contributed by atoms with Crippen molar-refractivity contribution in [2.24, 2.45) is 5.73 Å². The summed E-state index contributed by atoms with van der Waals surface area (Å²) in [4.78, 5) is 11.3. The van der Waals surface area contributed by atoms with E-state index in [2.05, 4.69) is 4.74 Å². The van der Waals surface area contributed by atoms with Crippen molar-refractivity contribution in [1.82, 2.24) is 0 Å². The molecule has 1 unspecified atom stereocenters. The van der Waals surface area contributed by atoms with Crippen molar-refractivity contribution >= 4 is 5.97 Å². The van der Waals surface area contributed by atoms with Gasteiger partial charge in [0, 0.05) is 0 Å². The molecule has 106 valence electrons. The predicted molar refractivity (Wildman–Crippen MR) is 69.0 cm³/mol. The molecule has 0 fully saturated rings. The van der Waals surface area contributed by atoms with Crippen LogP contribution in [0.5, 0.6) is 5.75 Å². The second kappa shape index (κ2) is 5.75. The smallest absolute Gasteiger partial charge is 0.373 e. The van der Waals surface area contributed by atoms with E-state index in [1.807, 2.05) is 0 Å². The summed E-state index contributed by atoms with van der Waals surface area (Å²) in [7, 11) is 2.64. The number of halogens is 1. The highest BCUT2D eigenvalue weighted by molar-refractivity contribution is 5.86. The minimum Gasteiger partial charge on any atom is -0.494 e. The van der Waals surface area contributed by atoms with Crippen LogP contribution in [0.1, 0.15) is 27.9 Å². The van der Waals surface area contributed by atoms with Crippen LogP contribution >= 0.6 is 0 Å². The minimum atomic E-state index is -0.686. The Morgan fingerprint density at radius 2 is 2.05 bits per heavy atom. The van der Waals surface area contributed by atoms with E-state index in [1.54, 1.807) is 12.1 Å². The Balaban J connectivity index is 2.26. The molecular weight excluding hydrogens is 265 g/mol. The van der Waals surface area contributed by atoms with Crippen molar-refractivity contribution in [3.8, 4) is 5.75 Å². The molecule has 0 aliphatic heterocycles. The third kappa shape index (κ3) is 2.65. The highest BCUT2D eigenvalue weighted by Gasteiger charge is 2.18. The Labute approximate surface area is 115 Å². The van der Waals surface area contributed by atoms with E-state index in [-0.39, 0.29) is 11.5 Å². The molecule has 0 radical (unpaired) electrons. The second-order valence-corrected chi connectivity index (χ2v) is 4.07. The van der Waals surface area contributed by atoms with Gasteiger partial charge < -0.3 is 19.6 Å². The number of rotatable bonds is 4. The molecule has 1 aromatic carbocycles. The number of esters is 1. The van der Waals surface area contributed by atoms with Crippen molar-refractivity contribution in [3.63, 3.8) is 0 Å². The zero-order valence-electron chi connectivity index (χ0n) is 11.1. The molecule has 1 heterocycles. The van der Waals surface area contributed by atoms with E-state index in [0.29, 0.717) is 11.3 Å². The largest absolute Gasteiger partial charge is 0.494 e. The van der Waals surface area contributed by atoms with Gasteiger partial charge >= 0.3 is 5.97 Å². The fourth-order valence-corrected chi connectivity index (χ4v) is 1.77. The highest BCUT2D eigenvalue weighted by atomic mass is 19.1. The average Bonchev–Trinajstić information content (AvgIpc) is 2.95. The summed E-state index contributed by atoms with van der Waals surface area (Å²) in [6.45, 7) is 0. The molecule has 5 nitrogen and oxygen atoms in total. The van der Waals surface area contributed by atoms with Gasteiger partial charge in [0.2, 0.25) is 5.76 Å². The minimum absolute atomic E-state index is 0.0481. The molecule has 1 aromatic heterocycles. The lowest BCUT2D eigenvalue weighted by atomic mass is 10.1. The molecule has 0 amide bonds. The van der Waals surface area contributed by atoms with Gasteiger partial charge in [0.15, 0.2) is 11.6 Å². The molecule has 2 rings (SSSR count). The van der Waals surface area contributed by atoms with Gasteiger partial charge in [-0.1, -0.05) is 6.07 Å². The molecule has 2 aromatic rings. The van der Waals surface area contributed by atoms with Crippen LogP contribution in [0.3, 0.4) is 0 Å². The van der Waals surface area contributed by atoms with Gasteiger partial charge in [-0.3, -0.25) is 0 Å². The van der Waals surface area contributed by atoms with Crippen molar-refractivity contribution in [2.75, 3.05) is 14.2 Å². The standard InChI is InChI=1S/C14H14FNO4/c1-18-10-4-3-8(7-9(10)15)13(16)11-5-6-12(20-11)14(17)19-2/h3-7,13H,16H2,1-2H3. The third-order valence-electron chi connectivity index (χ3n) is 2.85. The predicted octanol–water partition coefficient (Wildman–Crippen LogP) is 2.26. The van der Waals surface area contributed by atoms with Crippen LogP contribution in [-0.4, -0.2) is 20.2 Å². The number of hydrogen-bond acceptors (Lipinski definition) is 5. The Morgan fingerprint density at radius 1 is 1.30 bits per heavy atom. The number of carbonyl (C=O) groups is 1. The number of nitrogens with two attached hydrogens (primary N) is 1. The number of carbonyl (C=O) groups excluding carboxylic acids is 1. The van der Waals surface area contributed by atoms with Gasteiger partial charge in [0.25, 0.3) is 0 Å². The molecule has 2 N–H and O–H groups in total. The quantitative estimate of drug-likeness (QED) is 0.869. The molecule has 0 spiro atoms. The molecule has 0 aliphatic rings. The summed E-state index contributed by atoms with van der Waals surface area (Å²) in [6, 6.07) is 6.71. The van der Waals surface area contributed by atoms with E-state index in [4.69, 9.17) is 14.9 Å². The number of hydrogen-bond donors (Lipinski definition) is 1. The van der Waals surface area contributed by atoms with Crippen LogP contribution in [0.25, 0.3) is 0 Å². The Morgan fingerprint density at radius 3 is 2.65 bits per heavy atom. The lowest BCUT2D eigenvalue weighted by Gasteiger charge is -2.10. The highest BCUT2D eigenvalue weighted by Crippen LogP contribution is 2.26. The zero-order valence-corrected chi connectivity index (χ0v) is 11.1. The number of methoxy groups -OCH3 is 2. The van der Waals surface area contributed by atoms with E-state index in [1.165, 1.54) is 32.4 Å². The van der Waals surface area contributed by atoms with Gasteiger partial charge in [-0.15, -0.1) is 0 Å². The SMILES string of the molecule is COC(=O)c1ccc(C(N)c2ccc(OC)c(F)c2)o1. The average molecular weight is 279 g/mol. The first kappa shape index (κ1) is 14.1. The molecule has 0 saturated carbocycles. The van der Waals surface area contributed by atoms with Gasteiger partial charge in [0.05, 0.1) is 20.3 Å². The van der Waals surface area contributed by atoms with Crippen molar-refractivity contribution < 1.29 is 23.1 Å². The van der Waals surface area contributed by atoms with Crippen molar-refractivity contribution in [3.05, 3.63) is 53.2 Å². The van der Waals surface area contributed by atoms with Crippen LogP contribution in [-0.2, 0) is 4.74 Å². The summed E-state index contributed by atoms with van der Waals surface area (Å²) in [5.41, 5.74) is 6.49. The van der Waals surface area contributed by atoms with Crippen LogP contribution in [0.2, 0.25) is 0 Å². The van der Waals surface area contributed by atoms with Gasteiger partial charge in [-0.2, -0.15) is 0 Å². The molecular formula is C14H14FNO4. The summed E-state index contributed by atoms with van der Waals surface area (Å²) in [5.74, 6) is -0.581. The van der Waals surface area contributed by atoms with Crippen LogP contribution in [0.4, 0.5) is 4.39 Å². The molecule has 1 atom stereocenters. The van der Waals surface area contributed by atoms with Crippen LogP contribution in [0, 0.1) is 5.82 Å². The van der Waals surface area contributed by atoms with Crippen LogP contribution < -0.4 is 10.5 Å². The van der Waals surface area contributed by atoms with Crippen molar-refractivity contribution in [2.45, 2.75) is 6.04 Å². The van der Waals surface area contributed by atoms with E-state index in [0.717, 1.165) is 0 Å². The normalized spacial score (nSPS) is 12.0. The Hall–Kier alpha value is -2.34. The van der Waals surface area contributed by atoms with E-state index < -0.39 is 17.8 Å². The third-order valence-corrected chi connectivity index (χ3v) is 2.85. The van der Waals surface area contributed by atoms with Gasteiger partial charge in [-0.05, 0) is 29.8 Å². The maximum Gasteiger partial charge on any atom is 0.373 e. The van der Waals surface area contributed by atoms with Crippen LogP contribution in [0.15, 0.2) is 34.7 Å². The number of ether oxygens (including phenoxy) is 2. The van der Waals surface area contributed by atoms with Gasteiger partial charge in [-0.25, -0.2) is 9.18 Å². The molecule has 0 aliphatic carbocycles. The topological polar surface area (TPSA) is 74.7 Å². The summed E-state index contributed by atoms with van der Waals surface area (Å²) in [5, 5.41) is 0. The molecule has 0 saturated heterocycles. The first-order chi connectivity index (χ1) is 9.56. The first-order valence-corrected chi connectivity index (χ1v) is 5.84. The monoisotopic (exact) mass is 279 g/mol. The Bertz CT molecular complexity index is 623. The Kier molecular flexibility index (Phi) is 4.05. The zero-order chi connectivity index (χ0) is 14.7. The summed E-state index contributed by atoms with van der Waals surface area (Å²) < 4.78 is 28.3. The lowest BCUT2D eigenvalue weighted by Crippen LogP contribution is -2.11. The lowest BCUT2D eigenvalue weighted by molar-refractivity contribution is 0.0562. The van der Waals surface area contributed by atoms with E-state index >= 15 is 0 Å². The molecule has 20 heavy (non-hydrogen) atoms. The maximum absolute atomic E-state index is 13.6. The second-order valence-electron chi connectivity index (χ2n) is 4.07. The van der Waals surface area contributed by atoms with Crippen molar-refractivity contribution in [1.29, 1.82) is 0 Å². The number of benzene rings is 1. The fraction of sp³-hybridized carbons (Fsp3) is 0.214. The van der Waals surface area contributed by atoms with E-state index in [9.17, 15) is 9.18 Å². The fourth-order valence-electron chi connectivity index (χ4n) is 1.77. The number of furan rings is 1.